The Morgan fingerprint density at radius 1 is 1.11 bits per heavy atom. The van der Waals surface area contributed by atoms with Gasteiger partial charge in [-0.1, -0.05) is 18.2 Å². The van der Waals surface area contributed by atoms with Crippen molar-refractivity contribution in [3.63, 3.8) is 0 Å². The van der Waals surface area contributed by atoms with Crippen LogP contribution in [0, 0.1) is 13.8 Å². The van der Waals surface area contributed by atoms with Crippen molar-refractivity contribution in [1.82, 2.24) is 15.0 Å². The Morgan fingerprint density at radius 2 is 1.89 bits per heavy atom. The summed E-state index contributed by atoms with van der Waals surface area (Å²) in [6, 6.07) is 9.73. The van der Waals surface area contributed by atoms with Crippen molar-refractivity contribution in [2.75, 3.05) is 0 Å². The molecule has 3 aromatic rings. The van der Waals surface area contributed by atoms with Gasteiger partial charge in [-0.15, -0.1) is 0 Å². The van der Waals surface area contributed by atoms with Gasteiger partial charge in [0.25, 0.3) is 5.56 Å². The summed E-state index contributed by atoms with van der Waals surface area (Å²) in [7, 11) is 0. The molecule has 0 atom stereocenters. The number of nitrogens with one attached hydrogen (secondary N) is 1. The molecule has 2 heterocycles. The van der Waals surface area contributed by atoms with Crippen LogP contribution >= 0.6 is 0 Å². The average Bonchev–Trinajstić information content (AvgIpc) is 2.43. The van der Waals surface area contributed by atoms with E-state index in [9.17, 15) is 4.79 Å². The summed E-state index contributed by atoms with van der Waals surface area (Å²) >= 11 is 0. The first-order chi connectivity index (χ1) is 9.16. The van der Waals surface area contributed by atoms with Crippen LogP contribution in [0.5, 0.6) is 0 Å². The molecule has 0 amide bonds. The smallest absolute Gasteiger partial charge is 0.254 e. The molecule has 0 bridgehead atoms. The summed E-state index contributed by atoms with van der Waals surface area (Å²) in [6.45, 7) is 3.61. The lowest BCUT2D eigenvalue weighted by molar-refractivity contribution is 1.03. The van der Waals surface area contributed by atoms with Crippen LogP contribution < -0.4 is 5.56 Å². The SMILES string of the molecule is Cc1nc(-c2cccc3cccnc23)[nH]c(=O)c1C. The molecule has 94 valence electrons. The van der Waals surface area contributed by atoms with E-state index in [1.165, 1.54) is 0 Å². The number of rotatable bonds is 1. The van der Waals surface area contributed by atoms with Gasteiger partial charge in [-0.25, -0.2) is 4.98 Å². The fraction of sp³-hybridized carbons (Fsp3) is 0.133. The highest BCUT2D eigenvalue weighted by atomic mass is 16.1. The van der Waals surface area contributed by atoms with Crippen LogP contribution in [0.1, 0.15) is 11.3 Å². The average molecular weight is 251 g/mol. The number of nitrogens with zero attached hydrogens (tertiary/aromatic N) is 2. The standard InChI is InChI=1S/C15H13N3O/c1-9-10(2)17-14(18-15(9)19)12-7-3-5-11-6-4-8-16-13(11)12/h3-8H,1-2H3,(H,17,18,19). The molecule has 1 N–H and O–H groups in total. The van der Waals surface area contributed by atoms with E-state index in [-0.39, 0.29) is 5.56 Å². The Labute approximate surface area is 110 Å². The molecule has 0 aliphatic heterocycles. The molecule has 2 aromatic heterocycles. The predicted molar refractivity (Wildman–Crippen MR) is 75.1 cm³/mol. The minimum Gasteiger partial charge on any atom is -0.306 e. The van der Waals surface area contributed by atoms with Gasteiger partial charge >= 0.3 is 0 Å². The Bertz CT molecular complexity index is 816. The Kier molecular flexibility index (Phi) is 2.63. The molecule has 0 unspecified atom stereocenters. The first-order valence-corrected chi connectivity index (χ1v) is 6.08. The monoisotopic (exact) mass is 251 g/mol. The van der Waals surface area contributed by atoms with Gasteiger partial charge in [0.15, 0.2) is 0 Å². The van der Waals surface area contributed by atoms with Crippen molar-refractivity contribution in [1.29, 1.82) is 0 Å². The summed E-state index contributed by atoms with van der Waals surface area (Å²) in [5.41, 5.74) is 2.98. The van der Waals surface area contributed by atoms with Crippen LogP contribution in [0.4, 0.5) is 0 Å². The van der Waals surface area contributed by atoms with Crippen molar-refractivity contribution in [2.24, 2.45) is 0 Å². The molecule has 4 nitrogen and oxygen atoms in total. The number of aromatic amines is 1. The summed E-state index contributed by atoms with van der Waals surface area (Å²) in [6.07, 6.45) is 1.74. The highest BCUT2D eigenvalue weighted by molar-refractivity contribution is 5.91. The molecule has 0 saturated heterocycles. The maximum absolute atomic E-state index is 11.9. The van der Waals surface area contributed by atoms with E-state index in [2.05, 4.69) is 15.0 Å². The van der Waals surface area contributed by atoms with Gasteiger partial charge in [-0.2, -0.15) is 0 Å². The third-order valence-electron chi connectivity index (χ3n) is 3.28. The highest BCUT2D eigenvalue weighted by Crippen LogP contribution is 2.23. The zero-order valence-electron chi connectivity index (χ0n) is 10.8. The van der Waals surface area contributed by atoms with Crippen LogP contribution in [-0.4, -0.2) is 15.0 Å². The van der Waals surface area contributed by atoms with Gasteiger partial charge in [0, 0.05) is 28.4 Å². The second-order valence-corrected chi connectivity index (χ2v) is 4.51. The lowest BCUT2D eigenvalue weighted by Gasteiger charge is -2.06. The Hall–Kier alpha value is -2.49. The lowest BCUT2D eigenvalue weighted by Crippen LogP contribution is -2.14. The molecular formula is C15H13N3O. The van der Waals surface area contributed by atoms with E-state index in [0.29, 0.717) is 11.4 Å². The molecule has 4 heteroatoms. The third kappa shape index (κ3) is 1.91. The van der Waals surface area contributed by atoms with Crippen molar-refractivity contribution in [3.8, 4) is 11.4 Å². The summed E-state index contributed by atoms with van der Waals surface area (Å²) in [5, 5.41) is 1.03. The number of aromatic nitrogens is 3. The minimum atomic E-state index is -0.101. The summed E-state index contributed by atoms with van der Waals surface area (Å²) in [4.78, 5) is 23.5. The number of pyridine rings is 1. The summed E-state index contributed by atoms with van der Waals surface area (Å²) in [5.74, 6) is 0.567. The van der Waals surface area contributed by atoms with E-state index in [1.54, 1.807) is 13.1 Å². The van der Waals surface area contributed by atoms with Gasteiger partial charge in [0.1, 0.15) is 5.82 Å². The molecule has 0 aliphatic carbocycles. The van der Waals surface area contributed by atoms with Crippen molar-refractivity contribution in [3.05, 3.63) is 58.1 Å². The fourth-order valence-electron chi connectivity index (χ4n) is 2.07. The molecule has 0 spiro atoms. The van der Waals surface area contributed by atoms with Gasteiger partial charge in [0.05, 0.1) is 5.52 Å². The third-order valence-corrected chi connectivity index (χ3v) is 3.28. The molecule has 0 radical (unpaired) electrons. The van der Waals surface area contributed by atoms with Crippen LogP contribution in [-0.2, 0) is 0 Å². The zero-order chi connectivity index (χ0) is 13.4. The van der Waals surface area contributed by atoms with Crippen LogP contribution in [0.2, 0.25) is 0 Å². The van der Waals surface area contributed by atoms with Crippen LogP contribution in [0.15, 0.2) is 41.3 Å². The lowest BCUT2D eigenvalue weighted by atomic mass is 10.1. The summed E-state index contributed by atoms with van der Waals surface area (Å²) < 4.78 is 0. The normalized spacial score (nSPS) is 10.8. The van der Waals surface area contributed by atoms with E-state index >= 15 is 0 Å². The number of hydrogen-bond donors (Lipinski definition) is 1. The number of para-hydroxylation sites is 1. The maximum atomic E-state index is 11.9. The second-order valence-electron chi connectivity index (χ2n) is 4.51. The molecule has 0 saturated carbocycles. The number of fused-ring (bicyclic) bond motifs is 1. The van der Waals surface area contributed by atoms with Crippen LogP contribution in [0.3, 0.4) is 0 Å². The van der Waals surface area contributed by atoms with Gasteiger partial charge in [-0.3, -0.25) is 9.78 Å². The van der Waals surface area contributed by atoms with Gasteiger partial charge in [-0.05, 0) is 26.0 Å². The molecule has 3 rings (SSSR count). The van der Waals surface area contributed by atoms with E-state index in [0.717, 1.165) is 22.2 Å². The van der Waals surface area contributed by atoms with E-state index in [4.69, 9.17) is 0 Å². The van der Waals surface area contributed by atoms with E-state index < -0.39 is 0 Å². The fourth-order valence-corrected chi connectivity index (χ4v) is 2.07. The molecular weight excluding hydrogens is 238 g/mol. The largest absolute Gasteiger partial charge is 0.306 e. The van der Waals surface area contributed by atoms with Crippen molar-refractivity contribution in [2.45, 2.75) is 13.8 Å². The molecule has 19 heavy (non-hydrogen) atoms. The Balaban J connectivity index is 2.34. The number of aryl methyl sites for hydroxylation is 1. The van der Waals surface area contributed by atoms with E-state index in [1.807, 2.05) is 37.3 Å². The van der Waals surface area contributed by atoms with Gasteiger partial charge < -0.3 is 4.98 Å². The zero-order valence-corrected chi connectivity index (χ0v) is 10.8. The molecule has 1 aromatic carbocycles. The number of H-pyrrole nitrogens is 1. The van der Waals surface area contributed by atoms with Gasteiger partial charge in [0.2, 0.25) is 0 Å². The maximum Gasteiger partial charge on any atom is 0.254 e. The minimum absolute atomic E-state index is 0.101. The Morgan fingerprint density at radius 3 is 2.68 bits per heavy atom. The highest BCUT2D eigenvalue weighted by Gasteiger charge is 2.09. The van der Waals surface area contributed by atoms with Crippen molar-refractivity contribution >= 4 is 10.9 Å². The number of benzene rings is 1. The first-order valence-electron chi connectivity index (χ1n) is 6.08. The van der Waals surface area contributed by atoms with Crippen LogP contribution in [0.25, 0.3) is 22.3 Å². The topological polar surface area (TPSA) is 58.6 Å². The molecule has 0 fully saturated rings. The van der Waals surface area contributed by atoms with Crippen molar-refractivity contribution < 1.29 is 0 Å². The predicted octanol–water partition coefficient (Wildman–Crippen LogP) is 2.60. The number of hydrogen-bond acceptors (Lipinski definition) is 3. The molecule has 0 aliphatic rings. The first kappa shape index (κ1) is 11.6. The second kappa shape index (κ2) is 4.31. The quantitative estimate of drug-likeness (QED) is 0.723.